The number of para-hydroxylation sites is 1. The molecule has 0 unspecified atom stereocenters. The van der Waals surface area contributed by atoms with E-state index in [9.17, 15) is 0 Å². The third-order valence-corrected chi connectivity index (χ3v) is 5.94. The molecule has 30 heavy (non-hydrogen) atoms. The molecule has 6 rings (SSSR count). The largest absolute Gasteiger partial charge is 0.397 e. The molecule has 4 N–H and O–H groups in total. The number of imidazole rings is 1. The highest BCUT2D eigenvalue weighted by Gasteiger charge is 2.16. The Hall–Kier alpha value is -4.04. The number of nitrogen functional groups attached to an aromatic ring is 1. The molecule has 0 aliphatic carbocycles. The Morgan fingerprint density at radius 3 is 2.77 bits per heavy atom. The Bertz CT molecular complexity index is 1510. The molecule has 0 saturated carbocycles. The normalized spacial score (nSPS) is 11.5. The fraction of sp³-hybridized carbons (Fsp3) is 0. The first-order valence-electron chi connectivity index (χ1n) is 9.34. The molecule has 144 valence electrons. The molecule has 1 aromatic carbocycles. The molecule has 5 aromatic heterocycles. The molecule has 0 bridgehead atoms. The molecule has 5 heterocycles. The highest BCUT2D eigenvalue weighted by Crippen LogP contribution is 2.34. The van der Waals surface area contributed by atoms with Crippen LogP contribution in [0.5, 0.6) is 0 Å². The van der Waals surface area contributed by atoms with E-state index in [0.717, 1.165) is 38.8 Å². The van der Waals surface area contributed by atoms with Gasteiger partial charge in [-0.25, -0.2) is 9.97 Å². The zero-order valence-electron chi connectivity index (χ0n) is 15.6. The van der Waals surface area contributed by atoms with Gasteiger partial charge in [0, 0.05) is 40.2 Å². The van der Waals surface area contributed by atoms with Crippen LogP contribution in [0.2, 0.25) is 0 Å². The van der Waals surface area contributed by atoms with Crippen molar-refractivity contribution in [1.29, 1.82) is 0 Å². The van der Waals surface area contributed by atoms with Gasteiger partial charge >= 0.3 is 0 Å². The topological polar surface area (TPSA) is 109 Å². The Balaban J connectivity index is 1.52. The molecule has 0 aliphatic heterocycles. The van der Waals surface area contributed by atoms with E-state index in [0.29, 0.717) is 17.2 Å². The maximum atomic E-state index is 5.89. The van der Waals surface area contributed by atoms with E-state index in [1.165, 1.54) is 4.88 Å². The first kappa shape index (κ1) is 16.9. The lowest BCUT2D eigenvalue weighted by Gasteiger charge is -2.02. The SMILES string of the molecule is Nc1cncc(-c2cnc3[nH]nc(-c4nc5c(-c6cccs6)cccc5[nH]4)c3c2)c1. The van der Waals surface area contributed by atoms with Crippen molar-refractivity contribution >= 4 is 39.1 Å². The van der Waals surface area contributed by atoms with E-state index in [4.69, 9.17) is 10.7 Å². The van der Waals surface area contributed by atoms with Crippen molar-refractivity contribution in [2.45, 2.75) is 0 Å². The van der Waals surface area contributed by atoms with Gasteiger partial charge in [0.05, 0.1) is 22.1 Å². The molecule has 6 aromatic rings. The van der Waals surface area contributed by atoms with E-state index in [-0.39, 0.29) is 0 Å². The number of aromatic nitrogens is 6. The van der Waals surface area contributed by atoms with Crippen molar-refractivity contribution in [3.63, 3.8) is 0 Å². The van der Waals surface area contributed by atoms with Gasteiger partial charge in [0.25, 0.3) is 0 Å². The highest BCUT2D eigenvalue weighted by atomic mass is 32.1. The fourth-order valence-corrected chi connectivity index (χ4v) is 4.38. The number of pyridine rings is 2. The fourth-order valence-electron chi connectivity index (χ4n) is 3.63. The first-order valence-corrected chi connectivity index (χ1v) is 10.2. The van der Waals surface area contributed by atoms with Gasteiger partial charge in [-0.3, -0.25) is 10.1 Å². The molecule has 0 fully saturated rings. The quantitative estimate of drug-likeness (QED) is 0.386. The summed E-state index contributed by atoms with van der Waals surface area (Å²) in [6.07, 6.45) is 5.18. The van der Waals surface area contributed by atoms with Gasteiger partial charge in [-0.2, -0.15) is 5.10 Å². The highest BCUT2D eigenvalue weighted by molar-refractivity contribution is 7.13. The third kappa shape index (κ3) is 2.66. The van der Waals surface area contributed by atoms with Gasteiger partial charge in [0.15, 0.2) is 11.5 Å². The van der Waals surface area contributed by atoms with Crippen molar-refractivity contribution in [2.75, 3.05) is 5.73 Å². The third-order valence-electron chi connectivity index (χ3n) is 5.03. The van der Waals surface area contributed by atoms with Crippen LogP contribution in [0.1, 0.15) is 0 Å². The molecule has 8 heteroatoms. The van der Waals surface area contributed by atoms with Crippen molar-refractivity contribution in [2.24, 2.45) is 0 Å². The summed E-state index contributed by atoms with van der Waals surface area (Å²) >= 11 is 1.70. The van der Waals surface area contributed by atoms with Gasteiger partial charge in [0.1, 0.15) is 5.69 Å². The Labute approximate surface area is 174 Å². The van der Waals surface area contributed by atoms with Gasteiger partial charge < -0.3 is 10.7 Å². The number of nitrogens with one attached hydrogen (secondary N) is 2. The lowest BCUT2D eigenvalue weighted by molar-refractivity contribution is 1.09. The Morgan fingerprint density at radius 1 is 0.967 bits per heavy atom. The second-order valence-corrected chi connectivity index (χ2v) is 7.91. The summed E-state index contributed by atoms with van der Waals surface area (Å²) in [6, 6.07) is 14.2. The summed E-state index contributed by atoms with van der Waals surface area (Å²) in [5, 5.41) is 10.4. The minimum absolute atomic E-state index is 0.610. The average molecular weight is 409 g/mol. The average Bonchev–Trinajstić information content (AvgIpc) is 3.51. The van der Waals surface area contributed by atoms with Crippen LogP contribution < -0.4 is 5.73 Å². The van der Waals surface area contributed by atoms with Gasteiger partial charge in [-0.1, -0.05) is 18.2 Å². The molecular weight excluding hydrogens is 394 g/mol. The number of thiophene rings is 1. The second kappa shape index (κ2) is 6.50. The van der Waals surface area contributed by atoms with Crippen LogP contribution in [0.3, 0.4) is 0 Å². The summed E-state index contributed by atoms with van der Waals surface area (Å²) in [5.41, 5.74) is 12.7. The number of anilines is 1. The van der Waals surface area contributed by atoms with Gasteiger partial charge in [0.2, 0.25) is 0 Å². The predicted molar refractivity (Wildman–Crippen MR) is 120 cm³/mol. The molecule has 0 saturated heterocycles. The number of hydrogen-bond donors (Lipinski definition) is 3. The minimum atomic E-state index is 0.610. The lowest BCUT2D eigenvalue weighted by Crippen LogP contribution is -1.89. The van der Waals surface area contributed by atoms with E-state index in [1.54, 1.807) is 29.9 Å². The van der Waals surface area contributed by atoms with Crippen LogP contribution in [-0.4, -0.2) is 30.1 Å². The molecule has 0 radical (unpaired) electrons. The van der Waals surface area contributed by atoms with E-state index >= 15 is 0 Å². The smallest absolute Gasteiger partial charge is 0.159 e. The zero-order chi connectivity index (χ0) is 20.1. The number of H-pyrrole nitrogens is 2. The van der Waals surface area contributed by atoms with E-state index < -0.39 is 0 Å². The number of benzene rings is 1. The molecule has 0 amide bonds. The number of nitrogens with two attached hydrogens (primary N) is 1. The monoisotopic (exact) mass is 409 g/mol. The maximum Gasteiger partial charge on any atom is 0.159 e. The number of rotatable bonds is 3. The van der Waals surface area contributed by atoms with E-state index in [2.05, 4.69) is 42.7 Å². The summed E-state index contributed by atoms with van der Waals surface area (Å²) in [7, 11) is 0. The standard InChI is InChI=1S/C22H15N7S/c23-14-7-12(9-24-11-14)13-8-16-20(28-29-21(16)25-10-13)22-26-17-4-1-3-15(19(17)27-22)18-5-2-6-30-18/h1-11H,23H2,(H,26,27)(H,25,28,29). The van der Waals surface area contributed by atoms with Crippen LogP contribution in [0.15, 0.2) is 66.4 Å². The van der Waals surface area contributed by atoms with Crippen molar-refractivity contribution in [3.05, 3.63) is 66.4 Å². The van der Waals surface area contributed by atoms with Crippen LogP contribution in [0.25, 0.3) is 55.2 Å². The zero-order valence-corrected chi connectivity index (χ0v) is 16.4. The Kier molecular flexibility index (Phi) is 3.65. The maximum absolute atomic E-state index is 5.89. The molecule has 7 nitrogen and oxygen atoms in total. The van der Waals surface area contributed by atoms with Crippen molar-refractivity contribution in [3.8, 4) is 33.1 Å². The molecule has 0 atom stereocenters. The predicted octanol–water partition coefficient (Wildman–Crippen LogP) is 4.87. The summed E-state index contributed by atoms with van der Waals surface area (Å²) in [5.74, 6) is 0.699. The summed E-state index contributed by atoms with van der Waals surface area (Å²) in [6.45, 7) is 0. The van der Waals surface area contributed by atoms with Crippen molar-refractivity contribution < 1.29 is 0 Å². The Morgan fingerprint density at radius 2 is 1.90 bits per heavy atom. The minimum Gasteiger partial charge on any atom is -0.397 e. The lowest BCUT2D eigenvalue weighted by atomic mass is 10.1. The van der Waals surface area contributed by atoms with Crippen LogP contribution >= 0.6 is 11.3 Å². The van der Waals surface area contributed by atoms with Crippen LogP contribution in [-0.2, 0) is 0 Å². The molecule has 0 spiro atoms. The number of nitrogens with zero attached hydrogens (tertiary/aromatic N) is 4. The summed E-state index contributed by atoms with van der Waals surface area (Å²) in [4.78, 5) is 18.2. The van der Waals surface area contributed by atoms with Crippen LogP contribution in [0.4, 0.5) is 5.69 Å². The van der Waals surface area contributed by atoms with Crippen molar-refractivity contribution in [1.82, 2.24) is 30.1 Å². The van der Waals surface area contributed by atoms with Gasteiger partial charge in [-0.05, 0) is 29.6 Å². The number of hydrogen-bond acceptors (Lipinski definition) is 6. The van der Waals surface area contributed by atoms with E-state index in [1.807, 2.05) is 30.3 Å². The number of fused-ring (bicyclic) bond motifs is 2. The van der Waals surface area contributed by atoms with Crippen LogP contribution in [0, 0.1) is 0 Å². The summed E-state index contributed by atoms with van der Waals surface area (Å²) < 4.78 is 0. The number of aromatic amines is 2. The van der Waals surface area contributed by atoms with Gasteiger partial charge in [-0.15, -0.1) is 11.3 Å². The second-order valence-electron chi connectivity index (χ2n) is 6.96. The molecular formula is C22H15N7S. The first-order chi connectivity index (χ1) is 14.8. The molecule has 0 aliphatic rings.